The molecule has 0 bridgehead atoms. The van der Waals surface area contributed by atoms with Gasteiger partial charge in [-0.25, -0.2) is 0 Å². The summed E-state index contributed by atoms with van der Waals surface area (Å²) >= 11 is 11.9. The second kappa shape index (κ2) is 6.95. The van der Waals surface area contributed by atoms with Crippen molar-refractivity contribution in [3.05, 3.63) is 64.3 Å². The highest BCUT2D eigenvalue weighted by Crippen LogP contribution is 2.29. The minimum atomic E-state index is -0.437. The van der Waals surface area contributed by atoms with Gasteiger partial charge in [-0.1, -0.05) is 40.5 Å². The van der Waals surface area contributed by atoms with Crippen molar-refractivity contribution in [2.24, 2.45) is 0 Å². The van der Waals surface area contributed by atoms with Crippen molar-refractivity contribution < 1.29 is 14.1 Å². The number of ether oxygens (including phenoxy) is 1. The number of hydrogen-bond donors (Lipinski definition) is 1. The van der Waals surface area contributed by atoms with Gasteiger partial charge >= 0.3 is 0 Å². The van der Waals surface area contributed by atoms with Gasteiger partial charge in [0.25, 0.3) is 5.91 Å². The largest absolute Gasteiger partial charge is 0.495 e. The zero-order valence-corrected chi connectivity index (χ0v) is 14.1. The van der Waals surface area contributed by atoms with Crippen LogP contribution in [0.25, 0.3) is 11.3 Å². The number of anilines is 1. The minimum Gasteiger partial charge on any atom is -0.495 e. The molecule has 3 aromatic rings. The number of benzene rings is 2. The zero-order valence-electron chi connectivity index (χ0n) is 12.5. The minimum absolute atomic E-state index is 0.131. The van der Waals surface area contributed by atoms with Crippen LogP contribution in [0.5, 0.6) is 5.75 Å². The first-order valence-corrected chi connectivity index (χ1v) is 7.70. The predicted molar refractivity (Wildman–Crippen MR) is 92.9 cm³/mol. The number of nitrogens with one attached hydrogen (secondary N) is 1. The normalized spacial score (nSPS) is 10.5. The van der Waals surface area contributed by atoms with Gasteiger partial charge in [-0.2, -0.15) is 0 Å². The van der Waals surface area contributed by atoms with Gasteiger partial charge in [-0.15, -0.1) is 0 Å². The Bertz CT molecular complexity index is 893. The van der Waals surface area contributed by atoms with Gasteiger partial charge in [0.1, 0.15) is 5.75 Å². The lowest BCUT2D eigenvalue weighted by Crippen LogP contribution is -2.12. The Morgan fingerprint density at radius 3 is 2.67 bits per heavy atom. The van der Waals surface area contributed by atoms with Crippen molar-refractivity contribution in [2.75, 3.05) is 12.4 Å². The van der Waals surface area contributed by atoms with Crippen LogP contribution in [-0.2, 0) is 0 Å². The van der Waals surface area contributed by atoms with Crippen molar-refractivity contribution in [3.8, 4) is 17.1 Å². The van der Waals surface area contributed by atoms with E-state index in [0.717, 1.165) is 5.56 Å². The molecule has 2 aromatic carbocycles. The smallest absolute Gasteiger partial charge is 0.277 e. The lowest BCUT2D eigenvalue weighted by molar-refractivity contribution is 0.101. The summed E-state index contributed by atoms with van der Waals surface area (Å²) in [6.45, 7) is 0. The summed E-state index contributed by atoms with van der Waals surface area (Å²) in [5.74, 6) is 0.500. The summed E-state index contributed by atoms with van der Waals surface area (Å²) in [6.07, 6.45) is 0. The molecule has 24 heavy (non-hydrogen) atoms. The van der Waals surface area contributed by atoms with E-state index in [9.17, 15) is 4.79 Å². The van der Waals surface area contributed by atoms with E-state index < -0.39 is 5.91 Å². The summed E-state index contributed by atoms with van der Waals surface area (Å²) in [5, 5.41) is 7.54. The van der Waals surface area contributed by atoms with Crippen LogP contribution < -0.4 is 10.1 Å². The SMILES string of the molecule is COc1ccc(Cl)cc1NC(=O)c1cc(-c2cccc(Cl)c2)on1. The van der Waals surface area contributed by atoms with Crippen LogP contribution in [0, 0.1) is 0 Å². The van der Waals surface area contributed by atoms with E-state index in [-0.39, 0.29) is 5.69 Å². The quantitative estimate of drug-likeness (QED) is 0.715. The van der Waals surface area contributed by atoms with Gasteiger partial charge in [0, 0.05) is 21.7 Å². The highest BCUT2D eigenvalue weighted by atomic mass is 35.5. The second-order valence-electron chi connectivity index (χ2n) is 4.89. The van der Waals surface area contributed by atoms with Gasteiger partial charge in [0.15, 0.2) is 11.5 Å². The summed E-state index contributed by atoms with van der Waals surface area (Å²) < 4.78 is 10.4. The van der Waals surface area contributed by atoms with Gasteiger partial charge in [0.05, 0.1) is 12.8 Å². The number of carbonyl (C=O) groups is 1. The van der Waals surface area contributed by atoms with Crippen molar-refractivity contribution in [2.45, 2.75) is 0 Å². The fraction of sp³-hybridized carbons (Fsp3) is 0.0588. The third kappa shape index (κ3) is 3.53. The third-order valence-electron chi connectivity index (χ3n) is 3.26. The number of rotatable bonds is 4. The Balaban J connectivity index is 1.83. The number of amides is 1. The summed E-state index contributed by atoms with van der Waals surface area (Å²) in [7, 11) is 1.51. The van der Waals surface area contributed by atoms with Crippen molar-refractivity contribution >= 4 is 34.8 Å². The predicted octanol–water partition coefficient (Wildman–Crippen LogP) is 4.91. The number of hydrogen-bond acceptors (Lipinski definition) is 4. The first-order chi connectivity index (χ1) is 11.6. The Labute approximate surface area is 148 Å². The molecule has 0 spiro atoms. The number of carbonyl (C=O) groups excluding carboxylic acids is 1. The molecule has 1 N–H and O–H groups in total. The molecule has 0 aliphatic heterocycles. The molecular weight excluding hydrogens is 351 g/mol. The Morgan fingerprint density at radius 2 is 1.92 bits per heavy atom. The third-order valence-corrected chi connectivity index (χ3v) is 3.73. The van der Waals surface area contributed by atoms with Crippen LogP contribution in [-0.4, -0.2) is 18.2 Å². The first kappa shape index (κ1) is 16.4. The summed E-state index contributed by atoms with van der Waals surface area (Å²) in [5.41, 5.74) is 1.31. The first-order valence-electron chi connectivity index (χ1n) is 6.94. The van der Waals surface area contributed by atoms with E-state index in [1.807, 2.05) is 6.07 Å². The highest BCUT2D eigenvalue weighted by molar-refractivity contribution is 6.31. The maximum Gasteiger partial charge on any atom is 0.277 e. The molecular formula is C17H12Cl2N2O3. The van der Waals surface area contributed by atoms with Gasteiger partial charge in [0.2, 0.25) is 0 Å². The fourth-order valence-corrected chi connectivity index (χ4v) is 2.49. The van der Waals surface area contributed by atoms with Crippen LogP contribution in [0.1, 0.15) is 10.5 Å². The van der Waals surface area contributed by atoms with E-state index in [2.05, 4.69) is 10.5 Å². The topological polar surface area (TPSA) is 64.4 Å². The molecule has 0 fully saturated rings. The second-order valence-corrected chi connectivity index (χ2v) is 5.76. The van der Waals surface area contributed by atoms with Crippen LogP contribution in [0.4, 0.5) is 5.69 Å². The van der Waals surface area contributed by atoms with E-state index in [1.54, 1.807) is 36.4 Å². The van der Waals surface area contributed by atoms with Gasteiger partial charge in [-0.3, -0.25) is 4.79 Å². The maximum absolute atomic E-state index is 12.3. The van der Waals surface area contributed by atoms with Crippen LogP contribution >= 0.6 is 23.2 Å². The van der Waals surface area contributed by atoms with Crippen LogP contribution in [0.15, 0.2) is 53.1 Å². The molecule has 0 saturated carbocycles. The highest BCUT2D eigenvalue weighted by Gasteiger charge is 2.16. The van der Waals surface area contributed by atoms with Crippen molar-refractivity contribution in [3.63, 3.8) is 0 Å². The number of methoxy groups -OCH3 is 1. The zero-order chi connectivity index (χ0) is 17.1. The van der Waals surface area contributed by atoms with Crippen LogP contribution in [0.2, 0.25) is 10.0 Å². The average molecular weight is 363 g/mol. The molecule has 7 heteroatoms. The molecule has 0 atom stereocenters. The molecule has 122 valence electrons. The molecule has 1 amide bonds. The fourth-order valence-electron chi connectivity index (χ4n) is 2.12. The number of nitrogens with zero attached hydrogens (tertiary/aromatic N) is 1. The molecule has 3 rings (SSSR count). The van der Waals surface area contributed by atoms with Gasteiger partial charge in [-0.05, 0) is 30.3 Å². The molecule has 0 radical (unpaired) electrons. The van der Waals surface area contributed by atoms with E-state index in [0.29, 0.717) is 27.2 Å². The lowest BCUT2D eigenvalue weighted by Gasteiger charge is -2.09. The molecule has 1 aromatic heterocycles. The van der Waals surface area contributed by atoms with E-state index in [4.69, 9.17) is 32.5 Å². The van der Waals surface area contributed by atoms with Crippen molar-refractivity contribution in [1.29, 1.82) is 0 Å². The Morgan fingerprint density at radius 1 is 1.12 bits per heavy atom. The molecule has 0 saturated heterocycles. The monoisotopic (exact) mass is 362 g/mol. The summed E-state index contributed by atoms with van der Waals surface area (Å²) in [4.78, 5) is 12.3. The van der Waals surface area contributed by atoms with E-state index >= 15 is 0 Å². The summed E-state index contributed by atoms with van der Waals surface area (Å²) in [6, 6.07) is 13.5. The standard InChI is InChI=1S/C17H12Cl2N2O3/c1-23-15-6-5-12(19)8-13(15)20-17(22)14-9-16(24-21-14)10-3-2-4-11(18)7-10/h2-9H,1H3,(H,20,22). The van der Waals surface area contributed by atoms with Crippen molar-refractivity contribution in [1.82, 2.24) is 5.16 Å². The van der Waals surface area contributed by atoms with Crippen LogP contribution in [0.3, 0.4) is 0 Å². The number of aromatic nitrogens is 1. The average Bonchev–Trinajstić information content (AvgIpc) is 3.05. The maximum atomic E-state index is 12.3. The Kier molecular flexibility index (Phi) is 4.74. The molecule has 0 aliphatic rings. The molecule has 1 heterocycles. The van der Waals surface area contributed by atoms with E-state index in [1.165, 1.54) is 13.2 Å². The molecule has 0 aliphatic carbocycles. The molecule has 5 nitrogen and oxygen atoms in total. The van der Waals surface area contributed by atoms with Gasteiger partial charge < -0.3 is 14.6 Å². The number of halogens is 2. The lowest BCUT2D eigenvalue weighted by atomic mass is 10.1. The Hall–Kier alpha value is -2.50. The molecule has 0 unspecified atom stereocenters.